The molecule has 11 atom stereocenters. The molecule has 0 amide bonds. The van der Waals surface area contributed by atoms with Crippen LogP contribution in [0.3, 0.4) is 0 Å². The molecule has 0 aromatic carbocycles. The Morgan fingerprint density at radius 1 is 0.457 bits per heavy atom. The van der Waals surface area contributed by atoms with Gasteiger partial charge < -0.3 is 64.2 Å². The summed E-state index contributed by atoms with van der Waals surface area (Å²) >= 11 is 0. The molecule has 0 saturated carbocycles. The Balaban J connectivity index is 1.71. The highest BCUT2D eigenvalue weighted by Crippen LogP contribution is 2.27. The molecule has 414 valence electrons. The van der Waals surface area contributed by atoms with Crippen molar-refractivity contribution in [1.82, 2.24) is 0 Å². The molecule has 2 fully saturated rings. The van der Waals surface area contributed by atoms with E-state index in [1.165, 1.54) is 167 Å². The Bertz CT molecular complexity index is 1210. The monoisotopic (exact) mass is 1000 g/mol. The van der Waals surface area contributed by atoms with E-state index >= 15 is 0 Å². The second kappa shape index (κ2) is 44.1. The highest BCUT2D eigenvalue weighted by molar-refractivity contribution is 5.69. The van der Waals surface area contributed by atoms with Crippen molar-refractivity contribution in [1.29, 1.82) is 0 Å². The first kappa shape index (κ1) is 64.8. The molecule has 0 aromatic heterocycles. The molecule has 70 heavy (non-hydrogen) atoms. The zero-order chi connectivity index (χ0) is 50.9. The fourth-order valence-corrected chi connectivity index (χ4v) is 9.34. The maximum atomic E-state index is 13.1. The molecule has 2 heterocycles. The molecule has 0 aliphatic carbocycles. The average molecular weight is 1000 g/mol. The van der Waals surface area contributed by atoms with E-state index in [2.05, 4.69) is 26.0 Å². The number of ether oxygens (including phenoxy) is 6. The van der Waals surface area contributed by atoms with Crippen LogP contribution >= 0.6 is 0 Å². The Hall–Kier alpha value is -1.27. The summed E-state index contributed by atoms with van der Waals surface area (Å²) in [6, 6.07) is 0. The molecule has 0 spiro atoms. The Morgan fingerprint density at radius 2 is 0.843 bits per heavy atom. The van der Waals surface area contributed by atoms with E-state index in [0.717, 1.165) is 44.9 Å². The lowest BCUT2D eigenvalue weighted by Gasteiger charge is -2.42. The lowest BCUT2D eigenvalue weighted by Crippen LogP contribution is -2.61. The van der Waals surface area contributed by atoms with Crippen LogP contribution in [0.2, 0.25) is 0 Å². The SMILES string of the molecule is CCCCCCC/C=C\CCCCCCCCOCC(COC1OC(COC2OC(CO)C(O)C(O)C2O)C(O)C(O)C1O)OC(=O)CCCCCCCCCCCCCCCCCCCCCCC. The number of rotatable bonds is 47. The maximum absolute atomic E-state index is 13.1. The van der Waals surface area contributed by atoms with Crippen LogP contribution in [0.25, 0.3) is 0 Å². The number of hydrogen-bond donors (Lipinski definition) is 7. The van der Waals surface area contributed by atoms with Gasteiger partial charge in [0.25, 0.3) is 0 Å². The highest BCUT2D eigenvalue weighted by atomic mass is 16.7. The van der Waals surface area contributed by atoms with E-state index in [1.54, 1.807) is 0 Å². The van der Waals surface area contributed by atoms with E-state index in [9.17, 15) is 40.5 Å². The van der Waals surface area contributed by atoms with Crippen molar-refractivity contribution in [3.63, 3.8) is 0 Å². The standard InChI is InChI=1S/C56H106O14/c1-3-5-7-9-11-13-15-17-19-20-21-22-23-24-25-27-29-31-33-35-37-39-48(58)68-45(42-65-40-38-36-34-32-30-28-26-18-16-14-12-10-8-6-4-2)43-66-55-54(64)52(62)50(60)47(70-55)44-67-56-53(63)51(61)49(59)46(41-57)69-56/h16,18,45-47,49-57,59-64H,3-15,17,19-44H2,1-2H3/b18-16-. The molecule has 2 aliphatic rings. The van der Waals surface area contributed by atoms with Crippen molar-refractivity contribution in [3.8, 4) is 0 Å². The summed E-state index contributed by atoms with van der Waals surface area (Å²) in [7, 11) is 0. The minimum absolute atomic E-state index is 0.0631. The van der Waals surface area contributed by atoms with Crippen LogP contribution < -0.4 is 0 Å². The van der Waals surface area contributed by atoms with Gasteiger partial charge in [0.05, 0.1) is 26.4 Å². The lowest BCUT2D eigenvalue weighted by atomic mass is 9.98. The zero-order valence-corrected chi connectivity index (χ0v) is 44.3. The summed E-state index contributed by atoms with van der Waals surface area (Å²) in [6.07, 6.45) is 31.3. The van der Waals surface area contributed by atoms with Crippen LogP contribution in [-0.2, 0) is 33.2 Å². The van der Waals surface area contributed by atoms with E-state index in [0.29, 0.717) is 13.0 Å². The predicted octanol–water partition coefficient (Wildman–Crippen LogP) is 9.81. The largest absolute Gasteiger partial charge is 0.457 e. The molecule has 0 aromatic rings. The van der Waals surface area contributed by atoms with Crippen LogP contribution in [-0.4, -0.2) is 142 Å². The van der Waals surface area contributed by atoms with Crippen molar-refractivity contribution in [3.05, 3.63) is 12.2 Å². The number of esters is 1. The van der Waals surface area contributed by atoms with Crippen molar-refractivity contribution in [2.45, 2.75) is 306 Å². The van der Waals surface area contributed by atoms with Crippen molar-refractivity contribution < 1.29 is 69.0 Å². The van der Waals surface area contributed by atoms with Crippen molar-refractivity contribution in [2.24, 2.45) is 0 Å². The van der Waals surface area contributed by atoms with Crippen LogP contribution in [0.4, 0.5) is 0 Å². The van der Waals surface area contributed by atoms with Crippen molar-refractivity contribution >= 4 is 5.97 Å². The highest BCUT2D eigenvalue weighted by Gasteiger charge is 2.47. The molecular weight excluding hydrogens is 897 g/mol. The van der Waals surface area contributed by atoms with Crippen LogP contribution in [0, 0.1) is 0 Å². The molecule has 14 nitrogen and oxygen atoms in total. The Morgan fingerprint density at radius 3 is 1.30 bits per heavy atom. The zero-order valence-electron chi connectivity index (χ0n) is 44.3. The molecule has 14 heteroatoms. The van der Waals surface area contributed by atoms with E-state index in [4.69, 9.17) is 28.4 Å². The third kappa shape index (κ3) is 30.8. The number of carbonyl (C=O) groups is 1. The van der Waals surface area contributed by atoms with Gasteiger partial charge in [0.1, 0.15) is 54.9 Å². The van der Waals surface area contributed by atoms with Gasteiger partial charge in [0.2, 0.25) is 0 Å². The fraction of sp³-hybridized carbons (Fsp3) is 0.946. The van der Waals surface area contributed by atoms with Gasteiger partial charge in [-0.25, -0.2) is 0 Å². The topological polar surface area (TPSA) is 214 Å². The summed E-state index contributed by atoms with van der Waals surface area (Å²) in [5, 5.41) is 72.3. The summed E-state index contributed by atoms with van der Waals surface area (Å²) in [4.78, 5) is 13.1. The molecule has 2 saturated heterocycles. The van der Waals surface area contributed by atoms with Crippen LogP contribution in [0.5, 0.6) is 0 Å². The molecular formula is C56H106O14. The Labute approximate surface area is 425 Å². The van der Waals surface area contributed by atoms with Gasteiger partial charge in [0.15, 0.2) is 12.6 Å². The molecule has 0 radical (unpaired) electrons. The fourth-order valence-electron chi connectivity index (χ4n) is 9.34. The summed E-state index contributed by atoms with van der Waals surface area (Å²) < 4.78 is 34.4. The van der Waals surface area contributed by atoms with Gasteiger partial charge in [0, 0.05) is 13.0 Å². The number of carbonyl (C=O) groups excluding carboxylic acids is 1. The van der Waals surface area contributed by atoms with E-state index < -0.39 is 80.7 Å². The normalized spacial score (nSPS) is 25.5. The van der Waals surface area contributed by atoms with E-state index in [1.807, 2.05) is 0 Å². The number of hydrogen-bond acceptors (Lipinski definition) is 14. The Kier molecular flexibility index (Phi) is 40.8. The van der Waals surface area contributed by atoms with Gasteiger partial charge in [-0.05, 0) is 38.5 Å². The van der Waals surface area contributed by atoms with Gasteiger partial charge in [-0.2, -0.15) is 0 Å². The summed E-state index contributed by atoms with van der Waals surface area (Å²) in [6.45, 7) is 3.72. The summed E-state index contributed by atoms with van der Waals surface area (Å²) in [5.41, 5.74) is 0. The number of allylic oxidation sites excluding steroid dienone is 2. The van der Waals surface area contributed by atoms with Gasteiger partial charge in [-0.3, -0.25) is 4.79 Å². The second-order valence-electron chi connectivity index (χ2n) is 20.5. The average Bonchev–Trinajstić information content (AvgIpc) is 3.36. The predicted molar refractivity (Wildman–Crippen MR) is 275 cm³/mol. The minimum Gasteiger partial charge on any atom is -0.457 e. The minimum atomic E-state index is -1.70. The first-order valence-corrected chi connectivity index (χ1v) is 28.8. The third-order valence-corrected chi connectivity index (χ3v) is 14.0. The first-order valence-electron chi connectivity index (χ1n) is 28.8. The molecule has 11 unspecified atom stereocenters. The number of aliphatic hydroxyl groups is 7. The second-order valence-corrected chi connectivity index (χ2v) is 20.5. The van der Waals surface area contributed by atoms with Crippen LogP contribution in [0.15, 0.2) is 12.2 Å². The van der Waals surface area contributed by atoms with Crippen LogP contribution in [0.1, 0.15) is 239 Å². The number of unbranched alkanes of at least 4 members (excludes halogenated alkanes) is 31. The third-order valence-electron chi connectivity index (χ3n) is 14.0. The smallest absolute Gasteiger partial charge is 0.306 e. The lowest BCUT2D eigenvalue weighted by molar-refractivity contribution is -0.332. The number of aliphatic hydroxyl groups excluding tert-OH is 7. The quantitative estimate of drug-likeness (QED) is 0.0172. The molecule has 0 bridgehead atoms. The van der Waals surface area contributed by atoms with Gasteiger partial charge >= 0.3 is 5.97 Å². The maximum Gasteiger partial charge on any atom is 0.306 e. The summed E-state index contributed by atoms with van der Waals surface area (Å²) in [5.74, 6) is -0.372. The van der Waals surface area contributed by atoms with Crippen molar-refractivity contribution in [2.75, 3.05) is 33.0 Å². The molecule has 2 rings (SSSR count). The van der Waals surface area contributed by atoms with E-state index in [-0.39, 0.29) is 25.6 Å². The van der Waals surface area contributed by atoms with Gasteiger partial charge in [-0.1, -0.05) is 206 Å². The van der Waals surface area contributed by atoms with Gasteiger partial charge in [-0.15, -0.1) is 0 Å². The first-order chi connectivity index (χ1) is 34.1. The molecule has 7 N–H and O–H groups in total. The molecule has 2 aliphatic heterocycles.